The highest BCUT2D eigenvalue weighted by Gasteiger charge is 2.36. The quantitative estimate of drug-likeness (QED) is 0.833. The van der Waals surface area contributed by atoms with Crippen LogP contribution in [0.1, 0.15) is 37.7 Å². The van der Waals surface area contributed by atoms with Crippen molar-refractivity contribution < 1.29 is 8.42 Å². The van der Waals surface area contributed by atoms with Gasteiger partial charge in [-0.15, -0.1) is 0 Å². The Morgan fingerprint density at radius 1 is 1.18 bits per heavy atom. The molecule has 2 heterocycles. The number of fused-ring (bicyclic) bond motifs is 3. The zero-order chi connectivity index (χ0) is 15.3. The molecular weight excluding hydrogens is 322 g/mol. The van der Waals surface area contributed by atoms with E-state index in [0.29, 0.717) is 17.3 Å². The van der Waals surface area contributed by atoms with Gasteiger partial charge in [-0.3, -0.25) is 4.72 Å². The first-order valence-electron chi connectivity index (χ1n) is 7.64. The summed E-state index contributed by atoms with van der Waals surface area (Å²) in [6, 6.07) is 4.03. The van der Waals surface area contributed by atoms with Crippen molar-refractivity contribution in [3.63, 3.8) is 0 Å². The van der Waals surface area contributed by atoms with Gasteiger partial charge < -0.3 is 4.98 Å². The van der Waals surface area contributed by atoms with E-state index in [2.05, 4.69) is 9.71 Å². The number of halogens is 1. The first-order chi connectivity index (χ1) is 10.6. The lowest BCUT2D eigenvalue weighted by Crippen LogP contribution is -2.46. The third kappa shape index (κ3) is 2.21. The van der Waals surface area contributed by atoms with Crippen molar-refractivity contribution >= 4 is 38.4 Å². The van der Waals surface area contributed by atoms with Gasteiger partial charge in [-0.25, -0.2) is 0 Å². The van der Waals surface area contributed by atoms with Crippen LogP contribution in [0.15, 0.2) is 18.3 Å². The SMILES string of the molecule is O=S1(=O)Nc2c(ccc3c(Cl)c[nH]c23)CN1C1CCCCC1. The summed E-state index contributed by atoms with van der Waals surface area (Å²) in [7, 11) is -3.50. The van der Waals surface area contributed by atoms with E-state index in [0.717, 1.165) is 42.1 Å². The minimum Gasteiger partial charge on any atom is -0.358 e. The molecule has 22 heavy (non-hydrogen) atoms. The second kappa shape index (κ2) is 5.15. The monoisotopic (exact) mass is 339 g/mol. The zero-order valence-corrected chi connectivity index (χ0v) is 13.7. The molecule has 0 amide bonds. The van der Waals surface area contributed by atoms with E-state index >= 15 is 0 Å². The predicted octanol–water partition coefficient (Wildman–Crippen LogP) is 3.63. The lowest BCUT2D eigenvalue weighted by Gasteiger charge is -2.37. The number of H-pyrrole nitrogens is 1. The summed E-state index contributed by atoms with van der Waals surface area (Å²) < 4.78 is 29.7. The predicted molar refractivity (Wildman–Crippen MR) is 88.3 cm³/mol. The molecule has 0 atom stereocenters. The van der Waals surface area contributed by atoms with Gasteiger partial charge in [0.1, 0.15) is 0 Å². The molecule has 1 aromatic carbocycles. The molecule has 0 spiro atoms. The van der Waals surface area contributed by atoms with Crippen LogP contribution in [0.5, 0.6) is 0 Å². The number of nitrogens with one attached hydrogen (secondary N) is 2. The van der Waals surface area contributed by atoms with E-state index in [4.69, 9.17) is 11.6 Å². The molecule has 1 aliphatic heterocycles. The average molecular weight is 340 g/mol. The van der Waals surface area contributed by atoms with Crippen LogP contribution in [0, 0.1) is 0 Å². The molecule has 2 aliphatic rings. The van der Waals surface area contributed by atoms with E-state index in [1.54, 1.807) is 10.5 Å². The van der Waals surface area contributed by atoms with Gasteiger partial charge >= 0.3 is 10.2 Å². The molecule has 2 aromatic rings. The Kier molecular flexibility index (Phi) is 3.36. The smallest absolute Gasteiger partial charge is 0.302 e. The summed E-state index contributed by atoms with van der Waals surface area (Å²) in [5.41, 5.74) is 2.39. The molecule has 0 unspecified atom stereocenters. The van der Waals surface area contributed by atoms with Crippen molar-refractivity contribution in [2.24, 2.45) is 0 Å². The van der Waals surface area contributed by atoms with Gasteiger partial charge in [0.25, 0.3) is 0 Å². The van der Waals surface area contributed by atoms with Crippen LogP contribution in [0.2, 0.25) is 5.02 Å². The minimum atomic E-state index is -3.50. The van der Waals surface area contributed by atoms with Crippen LogP contribution in [-0.2, 0) is 16.8 Å². The van der Waals surface area contributed by atoms with Crippen molar-refractivity contribution in [3.05, 3.63) is 28.9 Å². The van der Waals surface area contributed by atoms with Gasteiger partial charge in [-0.2, -0.15) is 12.7 Å². The molecule has 7 heteroatoms. The standard InChI is InChI=1S/C15H18ClN3O2S/c16-13-8-17-15-12(13)7-6-10-9-19(11-4-2-1-3-5-11)22(20,21)18-14(10)15/h6-8,11,17-18H,1-5,9H2. The summed E-state index contributed by atoms with van der Waals surface area (Å²) in [4.78, 5) is 3.07. The first-order valence-corrected chi connectivity index (χ1v) is 9.46. The molecule has 1 saturated carbocycles. The van der Waals surface area contributed by atoms with E-state index < -0.39 is 10.2 Å². The van der Waals surface area contributed by atoms with Crippen molar-refractivity contribution in [1.82, 2.24) is 9.29 Å². The fraction of sp³-hybridized carbons (Fsp3) is 0.467. The molecule has 4 rings (SSSR count). The summed E-state index contributed by atoms with van der Waals surface area (Å²) in [5.74, 6) is 0. The maximum atomic E-state index is 12.7. The van der Waals surface area contributed by atoms with E-state index in [9.17, 15) is 8.42 Å². The van der Waals surface area contributed by atoms with Gasteiger partial charge in [-0.05, 0) is 18.4 Å². The first kappa shape index (κ1) is 14.4. The van der Waals surface area contributed by atoms with Crippen molar-refractivity contribution in [2.45, 2.75) is 44.7 Å². The molecule has 0 radical (unpaired) electrons. The Morgan fingerprint density at radius 2 is 1.95 bits per heavy atom. The molecule has 5 nitrogen and oxygen atoms in total. The van der Waals surface area contributed by atoms with E-state index in [-0.39, 0.29) is 6.04 Å². The highest BCUT2D eigenvalue weighted by Crippen LogP contribution is 2.38. The summed E-state index contributed by atoms with van der Waals surface area (Å²) in [6.45, 7) is 0.432. The summed E-state index contributed by atoms with van der Waals surface area (Å²) in [6.07, 6.45) is 7.01. The zero-order valence-electron chi connectivity index (χ0n) is 12.1. The van der Waals surface area contributed by atoms with Crippen LogP contribution in [0.25, 0.3) is 10.9 Å². The largest absolute Gasteiger partial charge is 0.358 e. The number of hydrogen-bond donors (Lipinski definition) is 2. The number of aromatic amines is 1. The highest BCUT2D eigenvalue weighted by atomic mass is 35.5. The molecule has 1 aliphatic carbocycles. The topological polar surface area (TPSA) is 65.2 Å². The van der Waals surface area contributed by atoms with Crippen molar-refractivity contribution in [1.29, 1.82) is 0 Å². The summed E-state index contributed by atoms with van der Waals surface area (Å²) in [5, 5.41) is 1.45. The van der Waals surface area contributed by atoms with Gasteiger partial charge in [0, 0.05) is 24.2 Å². The third-order valence-corrected chi connectivity index (χ3v) is 6.56. The van der Waals surface area contributed by atoms with Gasteiger partial charge in [-0.1, -0.05) is 43.0 Å². The average Bonchev–Trinajstić information content (AvgIpc) is 2.89. The highest BCUT2D eigenvalue weighted by molar-refractivity contribution is 7.90. The Hall–Kier alpha value is -1.24. The van der Waals surface area contributed by atoms with Crippen LogP contribution < -0.4 is 4.72 Å². The Morgan fingerprint density at radius 3 is 2.73 bits per heavy atom. The molecule has 1 fully saturated rings. The van der Waals surface area contributed by atoms with Crippen LogP contribution in [-0.4, -0.2) is 23.7 Å². The normalized spacial score (nSPS) is 22.4. The number of benzene rings is 1. The number of aromatic nitrogens is 1. The number of anilines is 1. The Labute approximate surface area is 134 Å². The van der Waals surface area contributed by atoms with Gasteiger partial charge in [0.15, 0.2) is 0 Å². The molecule has 0 bridgehead atoms. The van der Waals surface area contributed by atoms with Crippen LogP contribution in [0.3, 0.4) is 0 Å². The minimum absolute atomic E-state index is 0.113. The fourth-order valence-electron chi connectivity index (χ4n) is 3.59. The third-order valence-electron chi connectivity index (χ3n) is 4.74. The molecular formula is C15H18ClN3O2S. The second-order valence-corrected chi connectivity index (χ2v) is 8.13. The van der Waals surface area contributed by atoms with Crippen LogP contribution in [0.4, 0.5) is 5.69 Å². The number of nitrogens with zero attached hydrogens (tertiary/aromatic N) is 1. The number of rotatable bonds is 1. The molecule has 1 aromatic heterocycles. The lowest BCUT2D eigenvalue weighted by atomic mass is 9.95. The molecule has 118 valence electrons. The fourth-order valence-corrected chi connectivity index (χ4v) is 5.32. The maximum Gasteiger partial charge on any atom is 0.302 e. The van der Waals surface area contributed by atoms with Gasteiger partial charge in [0.2, 0.25) is 0 Å². The van der Waals surface area contributed by atoms with E-state index in [1.807, 2.05) is 12.1 Å². The van der Waals surface area contributed by atoms with E-state index in [1.165, 1.54) is 6.42 Å². The van der Waals surface area contributed by atoms with Crippen molar-refractivity contribution in [2.75, 3.05) is 4.72 Å². The van der Waals surface area contributed by atoms with Crippen molar-refractivity contribution in [3.8, 4) is 0 Å². The molecule has 2 N–H and O–H groups in total. The number of hydrogen-bond acceptors (Lipinski definition) is 2. The maximum absolute atomic E-state index is 12.7. The van der Waals surface area contributed by atoms with Crippen LogP contribution >= 0.6 is 11.6 Å². The molecule has 0 saturated heterocycles. The lowest BCUT2D eigenvalue weighted by molar-refractivity contribution is 0.247. The Balaban J connectivity index is 1.78. The summed E-state index contributed by atoms with van der Waals surface area (Å²) >= 11 is 6.12. The van der Waals surface area contributed by atoms with Gasteiger partial charge in [0.05, 0.1) is 16.2 Å². The Bertz CT molecular complexity index is 825. The second-order valence-electron chi connectivity index (χ2n) is 6.10.